The second-order valence-electron chi connectivity index (χ2n) is 4.59. The molecule has 1 aliphatic rings. The van der Waals surface area contributed by atoms with Crippen LogP contribution in [0.1, 0.15) is 25.8 Å². The maximum atomic E-state index is 12.1. The second-order valence-corrected chi connectivity index (χ2v) is 5.48. The highest BCUT2D eigenvalue weighted by Gasteiger charge is 2.46. The summed E-state index contributed by atoms with van der Waals surface area (Å²) in [4.78, 5) is 40.5. The van der Waals surface area contributed by atoms with Crippen LogP contribution in [0.25, 0.3) is 0 Å². The van der Waals surface area contributed by atoms with E-state index >= 15 is 0 Å². The van der Waals surface area contributed by atoms with Crippen molar-refractivity contribution in [3.63, 3.8) is 0 Å². The number of carbonyl (C=O) groups excluding carboxylic acids is 3. The van der Waals surface area contributed by atoms with Gasteiger partial charge in [-0.15, -0.1) is 11.3 Å². The smallest absolute Gasteiger partial charge is 0.277 e. The number of nitrogens with one attached hydrogen (secondary N) is 1. The summed E-state index contributed by atoms with van der Waals surface area (Å²) in [6.07, 6.45) is 1.61. The number of hydrogen-bond acceptors (Lipinski definition) is 5. The van der Waals surface area contributed by atoms with E-state index in [9.17, 15) is 14.4 Å². The van der Waals surface area contributed by atoms with Crippen molar-refractivity contribution in [3.8, 4) is 0 Å². The standard InChI is InChI=1S/C11H13N3O3S/c1-6-7(15)13-10(17)14(8(6)16)11(2,3)9-12-4-5-18-9/h4-6H,1-3H3,(H,13,15,17). The van der Waals surface area contributed by atoms with Crippen LogP contribution in [0, 0.1) is 5.92 Å². The summed E-state index contributed by atoms with van der Waals surface area (Å²) in [5.74, 6) is -1.91. The molecular formula is C11H13N3O3S. The van der Waals surface area contributed by atoms with E-state index < -0.39 is 29.3 Å². The van der Waals surface area contributed by atoms with Crippen LogP contribution in [0.2, 0.25) is 0 Å². The zero-order chi connectivity index (χ0) is 13.5. The lowest BCUT2D eigenvalue weighted by Crippen LogP contribution is -2.62. The van der Waals surface area contributed by atoms with Crippen LogP contribution in [-0.2, 0) is 15.1 Å². The van der Waals surface area contributed by atoms with Crippen molar-refractivity contribution in [1.82, 2.24) is 15.2 Å². The van der Waals surface area contributed by atoms with Gasteiger partial charge in [0.05, 0.1) is 5.54 Å². The van der Waals surface area contributed by atoms with Gasteiger partial charge in [-0.1, -0.05) is 0 Å². The minimum absolute atomic E-state index is 0.496. The number of thiazole rings is 1. The van der Waals surface area contributed by atoms with Crippen molar-refractivity contribution >= 4 is 29.2 Å². The fourth-order valence-corrected chi connectivity index (χ4v) is 2.58. The summed E-state index contributed by atoms with van der Waals surface area (Å²) in [6.45, 7) is 4.94. The molecule has 0 spiro atoms. The number of imide groups is 2. The summed E-state index contributed by atoms with van der Waals surface area (Å²) < 4.78 is 0. The van der Waals surface area contributed by atoms with Crippen LogP contribution >= 0.6 is 11.3 Å². The lowest BCUT2D eigenvalue weighted by atomic mass is 9.98. The van der Waals surface area contributed by atoms with Gasteiger partial charge in [0.2, 0.25) is 11.8 Å². The van der Waals surface area contributed by atoms with Gasteiger partial charge in [0.1, 0.15) is 10.9 Å². The molecule has 1 N–H and O–H groups in total. The fraction of sp³-hybridized carbons (Fsp3) is 0.455. The van der Waals surface area contributed by atoms with Crippen molar-refractivity contribution < 1.29 is 14.4 Å². The largest absolute Gasteiger partial charge is 0.331 e. The Balaban J connectivity index is 2.40. The van der Waals surface area contributed by atoms with E-state index in [2.05, 4.69) is 10.3 Å². The van der Waals surface area contributed by atoms with Crippen molar-refractivity contribution in [3.05, 3.63) is 16.6 Å². The number of aromatic nitrogens is 1. The minimum atomic E-state index is -0.871. The van der Waals surface area contributed by atoms with E-state index in [1.807, 2.05) is 0 Å². The maximum Gasteiger partial charge on any atom is 0.331 e. The van der Waals surface area contributed by atoms with Crippen molar-refractivity contribution in [2.75, 3.05) is 0 Å². The highest BCUT2D eigenvalue weighted by molar-refractivity contribution is 7.09. The summed E-state index contributed by atoms with van der Waals surface area (Å²) in [5, 5.41) is 4.60. The molecule has 0 bridgehead atoms. The number of carbonyl (C=O) groups is 3. The lowest BCUT2D eigenvalue weighted by molar-refractivity contribution is -0.145. The summed E-state index contributed by atoms with van der Waals surface area (Å²) in [6, 6.07) is -0.691. The van der Waals surface area contributed by atoms with Crippen LogP contribution < -0.4 is 5.32 Å². The van der Waals surface area contributed by atoms with Crippen LogP contribution in [0.15, 0.2) is 11.6 Å². The molecule has 18 heavy (non-hydrogen) atoms. The third-order valence-electron chi connectivity index (χ3n) is 2.93. The van der Waals surface area contributed by atoms with E-state index in [0.717, 1.165) is 4.90 Å². The molecule has 0 saturated carbocycles. The molecule has 2 heterocycles. The third-order valence-corrected chi connectivity index (χ3v) is 4.02. The summed E-state index contributed by atoms with van der Waals surface area (Å²) >= 11 is 1.36. The Bertz CT molecular complexity index is 510. The maximum absolute atomic E-state index is 12.1. The molecule has 1 unspecified atom stereocenters. The first-order chi connectivity index (χ1) is 8.35. The van der Waals surface area contributed by atoms with Gasteiger partial charge in [0, 0.05) is 11.6 Å². The predicted molar refractivity (Wildman–Crippen MR) is 64.7 cm³/mol. The second kappa shape index (κ2) is 4.16. The Labute approximate surface area is 108 Å². The number of barbiturate groups is 1. The minimum Gasteiger partial charge on any atom is -0.277 e. The molecule has 4 amide bonds. The number of urea groups is 1. The molecule has 0 aliphatic carbocycles. The predicted octanol–water partition coefficient (Wildman–Crippen LogP) is 1.09. The molecule has 6 nitrogen and oxygen atoms in total. The van der Waals surface area contributed by atoms with Gasteiger partial charge in [-0.2, -0.15) is 0 Å². The van der Waals surface area contributed by atoms with Gasteiger partial charge in [0.15, 0.2) is 0 Å². The summed E-state index contributed by atoms with van der Waals surface area (Å²) in [7, 11) is 0. The number of nitrogens with zero attached hydrogens (tertiary/aromatic N) is 2. The van der Waals surface area contributed by atoms with Gasteiger partial charge in [0.25, 0.3) is 0 Å². The van der Waals surface area contributed by atoms with Crippen LogP contribution in [0.5, 0.6) is 0 Å². The van der Waals surface area contributed by atoms with Crippen LogP contribution in [-0.4, -0.2) is 27.7 Å². The molecular weight excluding hydrogens is 254 g/mol. The molecule has 96 valence electrons. The lowest BCUT2D eigenvalue weighted by Gasteiger charge is -2.39. The third kappa shape index (κ3) is 1.80. The average Bonchev–Trinajstić information content (AvgIpc) is 2.79. The molecule has 1 fully saturated rings. The molecule has 7 heteroatoms. The molecule has 1 aromatic rings. The van der Waals surface area contributed by atoms with Gasteiger partial charge >= 0.3 is 6.03 Å². The van der Waals surface area contributed by atoms with E-state index in [4.69, 9.17) is 0 Å². The fourth-order valence-electron chi connectivity index (χ4n) is 1.83. The van der Waals surface area contributed by atoms with Gasteiger partial charge in [-0.25, -0.2) is 9.78 Å². The van der Waals surface area contributed by atoms with Gasteiger partial charge in [-0.05, 0) is 20.8 Å². The monoisotopic (exact) mass is 267 g/mol. The quantitative estimate of drug-likeness (QED) is 0.813. The molecule has 2 rings (SSSR count). The zero-order valence-electron chi connectivity index (χ0n) is 10.3. The highest BCUT2D eigenvalue weighted by atomic mass is 32.1. The first-order valence-corrected chi connectivity index (χ1v) is 6.32. The summed E-state index contributed by atoms with van der Waals surface area (Å²) in [5.41, 5.74) is -0.871. The Hall–Kier alpha value is -1.76. The number of amides is 4. The molecule has 1 aromatic heterocycles. The normalized spacial score (nSPS) is 21.2. The van der Waals surface area contributed by atoms with Crippen LogP contribution in [0.4, 0.5) is 4.79 Å². The van der Waals surface area contributed by atoms with E-state index in [0.29, 0.717) is 5.01 Å². The first-order valence-electron chi connectivity index (χ1n) is 5.44. The van der Waals surface area contributed by atoms with Crippen molar-refractivity contribution in [2.45, 2.75) is 26.3 Å². The molecule has 0 aromatic carbocycles. The highest BCUT2D eigenvalue weighted by Crippen LogP contribution is 2.32. The molecule has 1 saturated heterocycles. The van der Waals surface area contributed by atoms with Crippen molar-refractivity contribution in [2.24, 2.45) is 5.92 Å². The van der Waals surface area contributed by atoms with E-state index in [1.165, 1.54) is 18.3 Å². The Morgan fingerprint density at radius 2 is 2.06 bits per heavy atom. The number of rotatable bonds is 2. The Kier molecular flexibility index (Phi) is 2.94. The SMILES string of the molecule is CC1C(=O)NC(=O)N(C(C)(C)c2nccs2)C1=O. The van der Waals surface area contributed by atoms with E-state index in [1.54, 1.807) is 25.4 Å². The number of hydrogen-bond donors (Lipinski definition) is 1. The molecule has 0 radical (unpaired) electrons. The van der Waals surface area contributed by atoms with E-state index in [-0.39, 0.29) is 0 Å². The van der Waals surface area contributed by atoms with Crippen LogP contribution in [0.3, 0.4) is 0 Å². The topological polar surface area (TPSA) is 79.4 Å². The van der Waals surface area contributed by atoms with Gasteiger partial charge in [-0.3, -0.25) is 19.8 Å². The molecule has 1 atom stereocenters. The van der Waals surface area contributed by atoms with Crippen molar-refractivity contribution in [1.29, 1.82) is 0 Å². The molecule has 1 aliphatic heterocycles. The Morgan fingerprint density at radius 1 is 1.39 bits per heavy atom. The Morgan fingerprint density at radius 3 is 2.61 bits per heavy atom. The van der Waals surface area contributed by atoms with Gasteiger partial charge < -0.3 is 0 Å². The average molecular weight is 267 g/mol. The first kappa shape index (κ1) is 12.7. The zero-order valence-corrected chi connectivity index (χ0v) is 11.1.